The molecule has 0 amide bonds. The van der Waals surface area contributed by atoms with Crippen LogP contribution in [0.4, 0.5) is 13.2 Å². The van der Waals surface area contributed by atoms with Crippen LogP contribution in [0.2, 0.25) is 0 Å². The molecule has 2 nitrogen and oxygen atoms in total. The Kier molecular flexibility index (Phi) is 2.82. The molecular weight excluding hydrogens is 184 g/mol. The number of alkyl halides is 3. The number of hydrogen-bond acceptors (Lipinski definition) is 2. The average molecular weight is 189 g/mol. The first kappa shape index (κ1) is 9.92. The predicted octanol–water partition coefficient (Wildman–Crippen LogP) is 0.822. The Morgan fingerprint density at radius 3 is 2.08 bits per heavy atom. The molecule has 0 bridgehead atoms. The van der Waals surface area contributed by atoms with Crippen LogP contribution in [0.15, 0.2) is 24.3 Å². The van der Waals surface area contributed by atoms with E-state index in [9.17, 15) is 13.2 Å². The molecule has 1 aromatic rings. The van der Waals surface area contributed by atoms with Gasteiger partial charge in [-0.05, 0) is 12.1 Å². The van der Waals surface area contributed by atoms with Crippen LogP contribution in [0.1, 0.15) is 0 Å². The second-order valence-corrected chi connectivity index (χ2v) is 2.25. The Bertz CT molecular complexity index is 270. The van der Waals surface area contributed by atoms with Gasteiger partial charge in [0.25, 0.3) is 0 Å². The summed E-state index contributed by atoms with van der Waals surface area (Å²) in [5.74, 6) is -0.307. The number of rotatable bonds is 2. The van der Waals surface area contributed by atoms with E-state index in [4.69, 9.17) is 5.02 Å². The second-order valence-electron chi connectivity index (χ2n) is 2.25. The molecule has 1 aromatic carbocycles. The van der Waals surface area contributed by atoms with Crippen LogP contribution in [-0.4, -0.2) is 18.9 Å². The first-order chi connectivity index (χ1) is 6.01. The molecule has 0 unspecified atom stereocenters. The number of benzene rings is 1. The van der Waals surface area contributed by atoms with Crippen molar-refractivity contribution in [2.75, 3.05) is 0 Å². The van der Waals surface area contributed by atoms with Gasteiger partial charge >= 0.3 is 13.8 Å². The summed E-state index contributed by atoms with van der Waals surface area (Å²) in [5, 5.41) is 8.47. The number of hydrogen-bond donors (Lipinski definition) is 1. The van der Waals surface area contributed by atoms with E-state index in [-0.39, 0.29) is 5.75 Å². The number of ether oxygens (including phenoxy) is 1. The maximum absolute atomic E-state index is 11.6. The van der Waals surface area contributed by atoms with Gasteiger partial charge in [-0.2, -0.15) is 0 Å². The molecule has 0 aliphatic rings. The molecular formula is C7H5BF3O2. The summed E-state index contributed by atoms with van der Waals surface area (Å²) in [5.41, 5.74) is 0.412. The normalized spacial score (nSPS) is 11.1. The molecule has 0 aromatic heterocycles. The van der Waals surface area contributed by atoms with Crippen molar-refractivity contribution in [1.29, 1.82) is 0 Å². The van der Waals surface area contributed by atoms with Crippen LogP contribution in [0.5, 0.6) is 5.75 Å². The summed E-state index contributed by atoms with van der Waals surface area (Å²) in [6.45, 7) is 0. The van der Waals surface area contributed by atoms with Crippen LogP contribution in [0.25, 0.3) is 0 Å². The van der Waals surface area contributed by atoms with Crippen molar-refractivity contribution < 1.29 is 22.9 Å². The Hall–Kier alpha value is -1.17. The third-order valence-electron chi connectivity index (χ3n) is 1.26. The van der Waals surface area contributed by atoms with E-state index in [1.807, 2.05) is 0 Å². The predicted molar refractivity (Wildman–Crippen MR) is 40.7 cm³/mol. The van der Waals surface area contributed by atoms with Crippen molar-refractivity contribution in [2.45, 2.75) is 6.36 Å². The topological polar surface area (TPSA) is 29.5 Å². The van der Waals surface area contributed by atoms with Gasteiger partial charge in [-0.15, -0.1) is 13.2 Å². The molecule has 0 spiro atoms. The molecule has 1 radical (unpaired) electrons. The lowest BCUT2D eigenvalue weighted by atomic mass is 9.89. The van der Waals surface area contributed by atoms with Gasteiger partial charge in [-0.25, -0.2) is 0 Å². The summed E-state index contributed by atoms with van der Waals surface area (Å²) in [6, 6.07) is 4.85. The van der Waals surface area contributed by atoms with Crippen molar-refractivity contribution in [1.82, 2.24) is 0 Å². The second kappa shape index (κ2) is 3.70. The summed E-state index contributed by atoms with van der Waals surface area (Å²) < 4.78 is 38.5. The first-order valence-corrected chi connectivity index (χ1v) is 3.34. The highest BCUT2D eigenvalue weighted by atomic mass is 19.4. The molecule has 6 heteroatoms. The average Bonchev–Trinajstić information content (AvgIpc) is 2.03. The van der Waals surface area contributed by atoms with Gasteiger partial charge in [0.1, 0.15) is 5.75 Å². The van der Waals surface area contributed by atoms with E-state index in [0.29, 0.717) is 5.46 Å². The molecule has 1 N–H and O–H groups in total. The van der Waals surface area contributed by atoms with Crippen molar-refractivity contribution >= 4 is 12.9 Å². The molecule has 13 heavy (non-hydrogen) atoms. The van der Waals surface area contributed by atoms with Crippen LogP contribution >= 0.6 is 0 Å². The molecule has 0 fully saturated rings. The smallest absolute Gasteiger partial charge is 0.450 e. The van der Waals surface area contributed by atoms with Crippen LogP contribution < -0.4 is 10.2 Å². The monoisotopic (exact) mass is 189 g/mol. The van der Waals surface area contributed by atoms with Gasteiger partial charge in [0.15, 0.2) is 0 Å². The quantitative estimate of drug-likeness (QED) is 0.697. The van der Waals surface area contributed by atoms with Crippen LogP contribution in [0, 0.1) is 0 Å². The van der Waals surface area contributed by atoms with E-state index < -0.39 is 6.36 Å². The maximum Gasteiger partial charge on any atom is 0.573 e. The minimum Gasteiger partial charge on any atom is -0.450 e. The fourth-order valence-corrected chi connectivity index (χ4v) is 0.756. The highest BCUT2D eigenvalue weighted by Gasteiger charge is 2.30. The Morgan fingerprint density at radius 2 is 1.69 bits per heavy atom. The third-order valence-corrected chi connectivity index (χ3v) is 1.26. The van der Waals surface area contributed by atoms with E-state index in [2.05, 4.69) is 4.74 Å². The summed E-state index contributed by atoms with van der Waals surface area (Å²) >= 11 is 0. The highest BCUT2D eigenvalue weighted by Crippen LogP contribution is 2.21. The van der Waals surface area contributed by atoms with E-state index >= 15 is 0 Å². The largest absolute Gasteiger partial charge is 0.573 e. The molecule has 0 saturated heterocycles. The molecule has 0 saturated carbocycles. The molecule has 0 aliphatic heterocycles. The third kappa shape index (κ3) is 3.37. The van der Waals surface area contributed by atoms with Crippen molar-refractivity contribution in [2.24, 2.45) is 0 Å². The number of halogens is 3. The van der Waals surface area contributed by atoms with Gasteiger partial charge in [0.2, 0.25) is 0 Å². The molecule has 0 atom stereocenters. The van der Waals surface area contributed by atoms with E-state index in [1.54, 1.807) is 0 Å². The first-order valence-electron chi connectivity index (χ1n) is 3.34. The minimum absolute atomic E-state index is 0.307. The molecule has 69 valence electrons. The SMILES string of the molecule is O[B]c1ccc(OC(F)(F)F)cc1. The summed E-state index contributed by atoms with van der Waals surface area (Å²) in [6.07, 6.45) is -4.68. The Morgan fingerprint density at radius 1 is 1.15 bits per heavy atom. The van der Waals surface area contributed by atoms with Crippen molar-refractivity contribution in [3.05, 3.63) is 24.3 Å². The Labute approximate surface area is 73.2 Å². The van der Waals surface area contributed by atoms with Gasteiger partial charge in [0.05, 0.1) is 0 Å². The minimum atomic E-state index is -4.68. The van der Waals surface area contributed by atoms with Gasteiger partial charge in [-0.3, -0.25) is 0 Å². The Balaban J connectivity index is 2.70. The van der Waals surface area contributed by atoms with E-state index in [1.165, 1.54) is 12.1 Å². The lowest BCUT2D eigenvalue weighted by Crippen LogP contribution is -2.18. The molecule has 1 rings (SSSR count). The van der Waals surface area contributed by atoms with Crippen LogP contribution in [0.3, 0.4) is 0 Å². The van der Waals surface area contributed by atoms with Gasteiger partial charge in [-0.1, -0.05) is 17.6 Å². The zero-order valence-corrected chi connectivity index (χ0v) is 6.38. The lowest BCUT2D eigenvalue weighted by molar-refractivity contribution is -0.274. The van der Waals surface area contributed by atoms with Gasteiger partial charge in [0, 0.05) is 0 Å². The fourth-order valence-electron chi connectivity index (χ4n) is 0.756. The highest BCUT2D eigenvalue weighted by molar-refractivity contribution is 6.45. The van der Waals surface area contributed by atoms with Crippen LogP contribution in [-0.2, 0) is 0 Å². The van der Waals surface area contributed by atoms with Crippen molar-refractivity contribution in [3.63, 3.8) is 0 Å². The summed E-state index contributed by atoms with van der Waals surface area (Å²) in [4.78, 5) is 0. The zero-order valence-electron chi connectivity index (χ0n) is 6.38. The van der Waals surface area contributed by atoms with Gasteiger partial charge < -0.3 is 9.76 Å². The summed E-state index contributed by atoms with van der Waals surface area (Å²) in [7, 11) is 0.789. The molecule has 0 heterocycles. The lowest BCUT2D eigenvalue weighted by Gasteiger charge is -2.08. The molecule has 0 aliphatic carbocycles. The van der Waals surface area contributed by atoms with Crippen molar-refractivity contribution in [3.8, 4) is 5.75 Å². The standard InChI is InChI=1S/C7H5BF3O2/c9-7(10,11)13-6-3-1-5(8-12)2-4-6/h1-4,12H. The maximum atomic E-state index is 11.6. The van der Waals surface area contributed by atoms with E-state index in [0.717, 1.165) is 19.6 Å². The fraction of sp³-hybridized carbons (Fsp3) is 0.143. The zero-order chi connectivity index (χ0) is 9.90.